The quantitative estimate of drug-likeness (QED) is 0.253. The maximum atomic E-state index is 13.3. The number of hydrogen-bond acceptors (Lipinski definition) is 9. The highest BCUT2D eigenvalue weighted by molar-refractivity contribution is 6.31. The van der Waals surface area contributed by atoms with Gasteiger partial charge < -0.3 is 24.5 Å². The molecule has 3 aliphatic rings. The zero-order valence-electron chi connectivity index (χ0n) is 30.7. The van der Waals surface area contributed by atoms with Crippen molar-refractivity contribution in [3.05, 3.63) is 87.3 Å². The van der Waals surface area contributed by atoms with Crippen LogP contribution in [0.5, 0.6) is 5.88 Å². The largest absolute Gasteiger partial charge is 0.478 e. The Bertz CT molecular complexity index is 1780. The number of aliphatic imine (C=N–C) groups is 2. The molecule has 1 amide bonds. The number of aliphatic hydroxyl groups is 1. The average molecular weight is 735 g/mol. The molecule has 51 heavy (non-hydrogen) atoms. The van der Waals surface area contributed by atoms with E-state index >= 15 is 0 Å². The Morgan fingerprint density at radius 1 is 0.882 bits per heavy atom. The molecule has 1 fully saturated rings. The highest BCUT2D eigenvalue weighted by Crippen LogP contribution is 2.45. The molecule has 1 saturated heterocycles. The van der Waals surface area contributed by atoms with E-state index in [1.807, 2.05) is 55.5 Å². The van der Waals surface area contributed by atoms with Crippen molar-refractivity contribution in [2.45, 2.75) is 103 Å². The molecule has 4 heterocycles. The van der Waals surface area contributed by atoms with Gasteiger partial charge in [0.1, 0.15) is 17.5 Å². The van der Waals surface area contributed by atoms with Crippen LogP contribution in [-0.2, 0) is 10.2 Å². The van der Waals surface area contributed by atoms with Crippen molar-refractivity contribution in [1.29, 1.82) is 0 Å². The third kappa shape index (κ3) is 6.94. The molecular weight excluding hydrogens is 685 g/mol. The van der Waals surface area contributed by atoms with Crippen LogP contribution in [0, 0.1) is 5.92 Å². The molecule has 0 spiro atoms. The second kappa shape index (κ2) is 14.7. The zero-order valence-corrected chi connectivity index (χ0v) is 32.2. The number of halogens is 2. The highest BCUT2D eigenvalue weighted by atomic mass is 35.5. The summed E-state index contributed by atoms with van der Waals surface area (Å²) in [5, 5.41) is 12.9. The van der Waals surface area contributed by atoms with Gasteiger partial charge in [0.15, 0.2) is 0 Å². The Morgan fingerprint density at radius 2 is 1.41 bits per heavy atom. The van der Waals surface area contributed by atoms with E-state index in [0.29, 0.717) is 40.5 Å². The number of amides is 1. The van der Waals surface area contributed by atoms with Crippen molar-refractivity contribution < 1.29 is 14.6 Å². The third-order valence-electron chi connectivity index (χ3n) is 10.7. The molecule has 10 nitrogen and oxygen atoms in total. The molecule has 3 aromatic rings. The van der Waals surface area contributed by atoms with Crippen molar-refractivity contribution in [2.75, 3.05) is 19.8 Å². The van der Waals surface area contributed by atoms with Crippen LogP contribution in [0.1, 0.15) is 83.9 Å². The zero-order chi connectivity index (χ0) is 36.8. The molecule has 0 saturated carbocycles. The van der Waals surface area contributed by atoms with Gasteiger partial charge in [-0.05, 0) is 83.1 Å². The number of carbonyl (C=O) groups excluding carboxylic acids is 1. The van der Waals surface area contributed by atoms with Crippen LogP contribution in [0.3, 0.4) is 0 Å². The monoisotopic (exact) mass is 733 g/mol. The number of carbonyl (C=O) groups is 1. The van der Waals surface area contributed by atoms with Crippen molar-refractivity contribution in [3.63, 3.8) is 0 Å². The molecule has 12 heteroatoms. The topological polar surface area (TPSA) is 107 Å². The number of piperidine rings is 1. The first kappa shape index (κ1) is 37.0. The van der Waals surface area contributed by atoms with Gasteiger partial charge >= 0.3 is 0 Å². The van der Waals surface area contributed by atoms with E-state index in [9.17, 15) is 9.90 Å². The Kier molecular flexibility index (Phi) is 10.7. The van der Waals surface area contributed by atoms with E-state index in [2.05, 4.69) is 58.3 Å². The number of nitrogens with zero attached hydrogens (tertiary/aromatic N) is 7. The third-order valence-corrected chi connectivity index (χ3v) is 11.2. The second-order valence-electron chi connectivity index (χ2n) is 15.0. The summed E-state index contributed by atoms with van der Waals surface area (Å²) < 4.78 is 6.19. The lowest BCUT2D eigenvalue weighted by molar-refractivity contribution is -0.129. The summed E-state index contributed by atoms with van der Waals surface area (Å²) in [4.78, 5) is 39.9. The molecule has 1 N–H and O–H groups in total. The summed E-state index contributed by atoms with van der Waals surface area (Å²) >= 11 is 12.7. The van der Waals surface area contributed by atoms with Gasteiger partial charge in [-0.15, -0.1) is 0 Å². The minimum Gasteiger partial charge on any atom is -0.478 e. The summed E-state index contributed by atoms with van der Waals surface area (Å²) in [6.07, 6.45) is 2.67. The standard InChI is InChI=1S/C39H49Cl2N7O3/c1-9-51-37-30(18-42-38(45-37)39(6,7)8)33-31(20-49)34(48-25(5)23(3)44-36(48)27-12-16-29(41)17-13-27)32(19-46(33)21-50)47-24(4)22(2)43-35(47)26-10-14-28(40)15-11-26/h10-18,21-25,31-34,49H,9,19-20H2,1-8H3. The maximum Gasteiger partial charge on any atom is 0.222 e. The van der Waals surface area contributed by atoms with Crippen LogP contribution >= 0.6 is 23.2 Å². The molecule has 0 bridgehead atoms. The molecule has 8 unspecified atom stereocenters. The normalized spacial score (nSPS) is 28.2. The minimum atomic E-state index is -0.592. The van der Waals surface area contributed by atoms with Crippen LogP contribution in [0.25, 0.3) is 0 Å². The number of benzene rings is 2. The lowest BCUT2D eigenvalue weighted by Crippen LogP contribution is -2.69. The Morgan fingerprint density at radius 3 is 1.90 bits per heavy atom. The molecule has 272 valence electrons. The highest BCUT2D eigenvalue weighted by Gasteiger charge is 2.55. The van der Waals surface area contributed by atoms with Gasteiger partial charge in [0.2, 0.25) is 12.3 Å². The Hall–Kier alpha value is -3.73. The molecule has 6 rings (SSSR count). The van der Waals surface area contributed by atoms with E-state index in [1.165, 1.54) is 0 Å². The number of rotatable bonds is 9. The molecule has 0 radical (unpaired) electrons. The van der Waals surface area contributed by atoms with Gasteiger partial charge in [-0.3, -0.25) is 14.8 Å². The van der Waals surface area contributed by atoms with Crippen LogP contribution in [0.4, 0.5) is 0 Å². The lowest BCUT2D eigenvalue weighted by Gasteiger charge is -2.55. The Labute approximate surface area is 311 Å². The number of likely N-dealkylation sites (tertiary alicyclic amines) is 1. The fourth-order valence-electron chi connectivity index (χ4n) is 7.82. The summed E-state index contributed by atoms with van der Waals surface area (Å²) in [6.45, 7) is 17.2. The van der Waals surface area contributed by atoms with Crippen LogP contribution in [0.2, 0.25) is 10.0 Å². The number of hydrogen-bond donors (Lipinski definition) is 1. The van der Waals surface area contributed by atoms with E-state index in [0.717, 1.165) is 29.2 Å². The number of aromatic nitrogens is 2. The van der Waals surface area contributed by atoms with Gasteiger partial charge in [0.05, 0.1) is 61.1 Å². The molecular formula is C39H49Cl2N7O3. The molecule has 2 aromatic carbocycles. The Balaban J connectivity index is 1.56. The summed E-state index contributed by atoms with van der Waals surface area (Å²) in [5.74, 6) is 2.22. The van der Waals surface area contributed by atoms with Gasteiger partial charge in [0, 0.05) is 45.2 Å². The number of ether oxygens (including phenoxy) is 1. The fourth-order valence-corrected chi connectivity index (χ4v) is 8.07. The van der Waals surface area contributed by atoms with Crippen LogP contribution in [0.15, 0.2) is 64.7 Å². The van der Waals surface area contributed by atoms with E-state index in [-0.39, 0.29) is 48.3 Å². The van der Waals surface area contributed by atoms with Gasteiger partial charge in [0.25, 0.3) is 0 Å². The van der Waals surface area contributed by atoms with Crippen LogP contribution in [-0.4, -0.2) is 104 Å². The summed E-state index contributed by atoms with van der Waals surface area (Å²) in [7, 11) is 0. The van der Waals surface area contributed by atoms with Crippen molar-refractivity contribution >= 4 is 41.3 Å². The van der Waals surface area contributed by atoms with E-state index in [1.54, 1.807) is 11.1 Å². The van der Waals surface area contributed by atoms with Crippen LogP contribution < -0.4 is 4.74 Å². The number of amidine groups is 2. The molecule has 0 aliphatic carbocycles. The molecule has 3 aliphatic heterocycles. The predicted octanol–water partition coefficient (Wildman–Crippen LogP) is 6.42. The van der Waals surface area contributed by atoms with E-state index in [4.69, 9.17) is 47.9 Å². The smallest absolute Gasteiger partial charge is 0.222 e. The summed E-state index contributed by atoms with van der Waals surface area (Å²) in [5.41, 5.74) is 2.21. The average Bonchev–Trinajstić information content (AvgIpc) is 3.57. The lowest BCUT2D eigenvalue weighted by atomic mass is 9.77. The first-order chi connectivity index (χ1) is 24.3. The van der Waals surface area contributed by atoms with Crippen molar-refractivity contribution in [3.8, 4) is 5.88 Å². The second-order valence-corrected chi connectivity index (χ2v) is 15.9. The number of aliphatic hydroxyl groups excluding tert-OH is 1. The maximum absolute atomic E-state index is 13.3. The molecule has 1 aromatic heterocycles. The van der Waals surface area contributed by atoms with Gasteiger partial charge in [-0.1, -0.05) is 44.0 Å². The predicted molar refractivity (Wildman–Crippen MR) is 203 cm³/mol. The summed E-state index contributed by atoms with van der Waals surface area (Å²) in [6, 6.07) is 14.1. The van der Waals surface area contributed by atoms with E-state index < -0.39 is 12.0 Å². The van der Waals surface area contributed by atoms with Crippen molar-refractivity contribution in [2.24, 2.45) is 15.9 Å². The first-order valence-electron chi connectivity index (χ1n) is 17.8. The van der Waals surface area contributed by atoms with Crippen molar-refractivity contribution in [1.82, 2.24) is 24.7 Å². The first-order valence-corrected chi connectivity index (χ1v) is 18.6. The van der Waals surface area contributed by atoms with Gasteiger partial charge in [-0.25, -0.2) is 4.98 Å². The minimum absolute atomic E-state index is 0.00721. The fraction of sp³-hybridized carbons (Fsp3) is 0.513. The SMILES string of the molecule is CCOc1nc(C(C)(C)C)ncc1C1C(CO)C(N2C(c3ccc(Cl)cc3)=NC(C)C2C)C(N2C(c3ccc(Cl)cc3)=NC(C)C2C)CN1C=O. The molecule has 8 atom stereocenters. The van der Waals surface area contributed by atoms with Gasteiger partial charge in [-0.2, -0.15) is 4.98 Å².